The maximum Gasteiger partial charge on any atom is 0.331 e. The standard InChI is InChI=1S/C26H40O6/c1-16-13-20(32-17(2)27)23-24(3,19-7-5-6-8-19)11-10-21(28)25(23,4)26(16,30)12-9-18-14-22(29)31-15-18/h14,16,19-21,23,28,30H,5-13,15H2,1-4H3/t16-,20-,21+,23+,24+,25+,26-/m1/s1. The highest BCUT2D eigenvalue weighted by Crippen LogP contribution is 2.67. The highest BCUT2D eigenvalue weighted by Gasteiger charge is 2.70. The van der Waals surface area contributed by atoms with Crippen LogP contribution in [-0.4, -0.2) is 46.6 Å². The van der Waals surface area contributed by atoms with E-state index < -0.39 is 17.1 Å². The molecule has 0 unspecified atom stereocenters. The summed E-state index contributed by atoms with van der Waals surface area (Å²) in [5.74, 6) is -0.391. The summed E-state index contributed by atoms with van der Waals surface area (Å²) in [6, 6.07) is 0. The van der Waals surface area contributed by atoms with Crippen LogP contribution in [0.4, 0.5) is 0 Å². The number of esters is 2. The highest BCUT2D eigenvalue weighted by atomic mass is 16.5. The van der Waals surface area contributed by atoms with Crippen molar-refractivity contribution in [2.24, 2.45) is 28.6 Å². The Kier molecular flexibility index (Phi) is 6.25. The van der Waals surface area contributed by atoms with Crippen LogP contribution >= 0.6 is 0 Å². The summed E-state index contributed by atoms with van der Waals surface area (Å²) in [4.78, 5) is 23.6. The lowest BCUT2D eigenvalue weighted by atomic mass is 9.40. The van der Waals surface area contributed by atoms with Gasteiger partial charge in [0.2, 0.25) is 0 Å². The number of ether oxygens (including phenoxy) is 2. The van der Waals surface area contributed by atoms with Gasteiger partial charge in [0.1, 0.15) is 12.7 Å². The number of aliphatic hydroxyl groups is 2. The second kappa shape index (κ2) is 8.43. The lowest BCUT2D eigenvalue weighted by molar-refractivity contribution is -0.290. The molecule has 3 saturated carbocycles. The minimum absolute atomic E-state index is 0.107. The van der Waals surface area contributed by atoms with Crippen LogP contribution in [0.25, 0.3) is 0 Å². The molecule has 180 valence electrons. The van der Waals surface area contributed by atoms with E-state index in [-0.39, 0.29) is 41.9 Å². The molecule has 0 aromatic heterocycles. The third-order valence-corrected chi connectivity index (χ3v) is 9.87. The maximum absolute atomic E-state index is 12.4. The van der Waals surface area contributed by atoms with E-state index in [1.165, 1.54) is 25.8 Å². The molecule has 6 nitrogen and oxygen atoms in total. The molecule has 3 aliphatic carbocycles. The Morgan fingerprint density at radius 2 is 1.94 bits per heavy atom. The summed E-state index contributed by atoms with van der Waals surface area (Å²) in [6.07, 6.45) is 8.40. The normalized spacial score (nSPS) is 44.7. The molecule has 0 aromatic rings. The van der Waals surface area contributed by atoms with E-state index in [0.29, 0.717) is 31.6 Å². The number of carbonyl (C=O) groups is 2. The molecule has 1 aliphatic heterocycles. The second-order valence-corrected chi connectivity index (χ2v) is 11.4. The molecule has 6 heteroatoms. The van der Waals surface area contributed by atoms with Gasteiger partial charge in [0.15, 0.2) is 0 Å². The summed E-state index contributed by atoms with van der Waals surface area (Å²) >= 11 is 0. The number of rotatable bonds is 5. The van der Waals surface area contributed by atoms with Gasteiger partial charge >= 0.3 is 11.9 Å². The Morgan fingerprint density at radius 3 is 2.53 bits per heavy atom. The first kappa shape index (κ1) is 23.7. The third kappa shape index (κ3) is 3.62. The number of fused-ring (bicyclic) bond motifs is 1. The van der Waals surface area contributed by atoms with E-state index in [9.17, 15) is 19.8 Å². The van der Waals surface area contributed by atoms with Crippen LogP contribution in [0.1, 0.15) is 85.5 Å². The van der Waals surface area contributed by atoms with Crippen LogP contribution in [0.3, 0.4) is 0 Å². The Morgan fingerprint density at radius 1 is 1.25 bits per heavy atom. The number of cyclic esters (lactones) is 1. The Bertz CT molecular complexity index is 785. The SMILES string of the molecule is CC(=O)O[C@@H]1C[C@@H](C)[C@](O)(CCC2=CC(=O)OC2)[C@]2(C)[C@@H]1[C@](C)(C1CCCC1)CC[C@@H]2O. The van der Waals surface area contributed by atoms with Crippen molar-refractivity contribution in [2.75, 3.05) is 6.61 Å². The Hall–Kier alpha value is -1.40. The van der Waals surface area contributed by atoms with Crippen molar-refractivity contribution in [1.29, 1.82) is 0 Å². The van der Waals surface area contributed by atoms with Gasteiger partial charge in [0, 0.05) is 24.3 Å². The average molecular weight is 449 g/mol. The van der Waals surface area contributed by atoms with Gasteiger partial charge in [0.25, 0.3) is 0 Å². The van der Waals surface area contributed by atoms with Gasteiger partial charge in [-0.15, -0.1) is 0 Å². The van der Waals surface area contributed by atoms with Gasteiger partial charge in [-0.3, -0.25) is 4.79 Å². The molecule has 2 N–H and O–H groups in total. The molecule has 1 heterocycles. The van der Waals surface area contributed by atoms with E-state index in [1.807, 2.05) is 13.8 Å². The van der Waals surface area contributed by atoms with Gasteiger partial charge < -0.3 is 19.7 Å². The molecule has 3 fully saturated rings. The summed E-state index contributed by atoms with van der Waals surface area (Å²) < 4.78 is 11.0. The van der Waals surface area contributed by atoms with Crippen molar-refractivity contribution in [3.8, 4) is 0 Å². The van der Waals surface area contributed by atoms with Crippen LogP contribution < -0.4 is 0 Å². The van der Waals surface area contributed by atoms with E-state index in [1.54, 1.807) is 0 Å². The fourth-order valence-electron chi connectivity index (χ4n) is 8.17. The number of carbonyl (C=O) groups excluding carboxylic acids is 2. The van der Waals surface area contributed by atoms with Gasteiger partial charge in [0.05, 0.1) is 11.7 Å². The number of aliphatic hydroxyl groups excluding tert-OH is 1. The summed E-state index contributed by atoms with van der Waals surface area (Å²) in [5, 5.41) is 23.8. The van der Waals surface area contributed by atoms with Crippen molar-refractivity contribution in [3.05, 3.63) is 11.6 Å². The van der Waals surface area contributed by atoms with Gasteiger partial charge in [-0.2, -0.15) is 0 Å². The van der Waals surface area contributed by atoms with Crippen LogP contribution in [-0.2, 0) is 19.1 Å². The predicted molar refractivity (Wildman–Crippen MR) is 119 cm³/mol. The van der Waals surface area contributed by atoms with Crippen LogP contribution in [0.15, 0.2) is 11.6 Å². The molecule has 0 bridgehead atoms. The molecular weight excluding hydrogens is 408 g/mol. The van der Waals surface area contributed by atoms with Gasteiger partial charge in [-0.25, -0.2) is 4.79 Å². The fourth-order valence-corrected chi connectivity index (χ4v) is 8.17. The Labute approximate surface area is 191 Å². The van der Waals surface area contributed by atoms with Gasteiger partial charge in [-0.05, 0) is 67.8 Å². The molecule has 32 heavy (non-hydrogen) atoms. The largest absolute Gasteiger partial charge is 0.462 e. The molecule has 4 rings (SSSR count). The smallest absolute Gasteiger partial charge is 0.331 e. The Balaban J connectivity index is 1.75. The summed E-state index contributed by atoms with van der Waals surface area (Å²) in [5.41, 5.74) is -1.17. The van der Waals surface area contributed by atoms with Crippen LogP contribution in [0.5, 0.6) is 0 Å². The first-order valence-corrected chi connectivity index (χ1v) is 12.5. The molecule has 0 aromatic carbocycles. The average Bonchev–Trinajstić information content (AvgIpc) is 3.40. The number of hydrogen-bond donors (Lipinski definition) is 2. The van der Waals surface area contributed by atoms with Crippen LogP contribution in [0.2, 0.25) is 0 Å². The van der Waals surface area contributed by atoms with Crippen molar-refractivity contribution in [1.82, 2.24) is 0 Å². The molecule has 0 amide bonds. The molecule has 7 atom stereocenters. The van der Waals surface area contributed by atoms with Crippen molar-refractivity contribution in [2.45, 2.75) is 103 Å². The first-order chi connectivity index (χ1) is 15.0. The predicted octanol–water partition coefficient (Wildman–Crippen LogP) is 3.93. The van der Waals surface area contributed by atoms with E-state index in [4.69, 9.17) is 9.47 Å². The zero-order valence-electron chi connectivity index (χ0n) is 20.1. The zero-order chi connectivity index (χ0) is 23.3. The second-order valence-electron chi connectivity index (χ2n) is 11.4. The zero-order valence-corrected chi connectivity index (χ0v) is 20.1. The topological polar surface area (TPSA) is 93.1 Å². The first-order valence-electron chi connectivity index (χ1n) is 12.5. The van der Waals surface area contributed by atoms with E-state index in [2.05, 4.69) is 6.92 Å². The summed E-state index contributed by atoms with van der Waals surface area (Å²) in [7, 11) is 0. The van der Waals surface area contributed by atoms with Crippen molar-refractivity contribution in [3.63, 3.8) is 0 Å². The van der Waals surface area contributed by atoms with E-state index >= 15 is 0 Å². The fraction of sp³-hybridized carbons (Fsp3) is 0.846. The highest BCUT2D eigenvalue weighted by molar-refractivity contribution is 5.85. The molecule has 4 aliphatic rings. The monoisotopic (exact) mass is 448 g/mol. The summed E-state index contributed by atoms with van der Waals surface area (Å²) in [6.45, 7) is 8.10. The molecule has 0 spiro atoms. The lowest BCUT2D eigenvalue weighted by Crippen LogP contribution is -2.72. The van der Waals surface area contributed by atoms with E-state index in [0.717, 1.165) is 24.8 Å². The van der Waals surface area contributed by atoms with Crippen molar-refractivity contribution >= 4 is 11.9 Å². The van der Waals surface area contributed by atoms with Crippen LogP contribution in [0, 0.1) is 28.6 Å². The quantitative estimate of drug-likeness (QED) is 0.619. The molecular formula is C26H40O6. The minimum atomic E-state index is -1.14. The molecule has 0 radical (unpaired) electrons. The minimum Gasteiger partial charge on any atom is -0.462 e. The van der Waals surface area contributed by atoms with Gasteiger partial charge in [-0.1, -0.05) is 33.6 Å². The molecule has 0 saturated heterocycles. The number of hydrogen-bond acceptors (Lipinski definition) is 6. The third-order valence-electron chi connectivity index (χ3n) is 9.87. The lowest BCUT2D eigenvalue weighted by Gasteiger charge is -2.67. The maximum atomic E-state index is 12.4. The van der Waals surface area contributed by atoms with Crippen molar-refractivity contribution < 1.29 is 29.3 Å².